The van der Waals surface area contributed by atoms with Crippen LogP contribution in [-0.4, -0.2) is 73.5 Å². The number of carbonyl (C=O) groups is 1. The number of hydrogen-bond donors (Lipinski definition) is 3. The molecule has 0 spiro atoms. The molecule has 0 aliphatic carbocycles. The molecule has 3 N–H and O–H groups in total. The molecule has 1 amide bonds. The average Bonchev–Trinajstić information content (AvgIpc) is 3.07. The second-order valence-corrected chi connectivity index (χ2v) is 11.8. The Balaban J connectivity index is 1.61. The fourth-order valence-electron chi connectivity index (χ4n) is 4.01. The summed E-state index contributed by atoms with van der Waals surface area (Å²) < 4.78 is 53.2. The topological polar surface area (TPSA) is 116 Å². The smallest absolute Gasteiger partial charge is 0.251 e. The normalized spacial score (nSPS) is 21.9. The zero-order valence-electron chi connectivity index (χ0n) is 16.9. The maximum Gasteiger partial charge on any atom is 0.251 e. The summed E-state index contributed by atoms with van der Waals surface area (Å²) in [5.41, 5.74) is 0.358. The first-order chi connectivity index (χ1) is 14.8. The van der Waals surface area contributed by atoms with Crippen LogP contribution in [0, 0.1) is 0 Å². The van der Waals surface area contributed by atoms with Gasteiger partial charge >= 0.3 is 0 Å². The van der Waals surface area contributed by atoms with E-state index in [1.54, 1.807) is 24.3 Å². The molecule has 0 saturated carbocycles. The molecule has 0 aromatic heterocycles. The highest BCUT2D eigenvalue weighted by Crippen LogP contribution is 2.62. The Hall–Kier alpha value is -1.95. The van der Waals surface area contributed by atoms with Crippen LogP contribution in [0.2, 0.25) is 0 Å². The van der Waals surface area contributed by atoms with E-state index < -0.39 is 31.6 Å². The van der Waals surface area contributed by atoms with Gasteiger partial charge in [-0.2, -0.15) is 10.6 Å². The lowest BCUT2D eigenvalue weighted by atomic mass is 10.0. The van der Waals surface area contributed by atoms with E-state index in [0.29, 0.717) is 26.3 Å². The summed E-state index contributed by atoms with van der Waals surface area (Å²) in [6.07, 6.45) is 0. The van der Waals surface area contributed by atoms with Crippen molar-refractivity contribution in [1.82, 2.24) is 10.2 Å². The number of ether oxygens (including phenoxy) is 1. The first kappa shape index (κ1) is 22.3. The van der Waals surface area contributed by atoms with Crippen LogP contribution >= 0.6 is 10.6 Å². The molecule has 168 valence electrons. The molecule has 8 nitrogen and oxygen atoms in total. The first-order valence-electron chi connectivity index (χ1n) is 10.1. The van der Waals surface area contributed by atoms with Crippen molar-refractivity contribution in [3.05, 3.63) is 59.7 Å². The lowest BCUT2D eigenvalue weighted by molar-refractivity contribution is 0.0383. The summed E-state index contributed by atoms with van der Waals surface area (Å²) in [5.74, 6) is -0.770. The fraction of sp³-hybridized carbons (Fsp3) is 0.381. The van der Waals surface area contributed by atoms with Crippen molar-refractivity contribution >= 4 is 26.3 Å². The fourth-order valence-corrected chi connectivity index (χ4v) is 8.47. The third kappa shape index (κ3) is 4.50. The van der Waals surface area contributed by atoms with Gasteiger partial charge in [-0.3, -0.25) is 18.8 Å². The van der Waals surface area contributed by atoms with Crippen LogP contribution in [0.25, 0.3) is 0 Å². The predicted octanol–water partition coefficient (Wildman–Crippen LogP) is 2.39. The Morgan fingerprint density at radius 1 is 1.10 bits per heavy atom. The molecule has 1 unspecified atom stereocenters. The minimum Gasteiger partial charge on any atom is -0.379 e. The molecule has 2 heterocycles. The minimum atomic E-state index is -3.92. The van der Waals surface area contributed by atoms with Gasteiger partial charge in [0.25, 0.3) is 5.91 Å². The Morgan fingerprint density at radius 2 is 1.81 bits per heavy atom. The molecule has 2 aromatic rings. The second-order valence-electron chi connectivity index (χ2n) is 7.61. The van der Waals surface area contributed by atoms with Crippen LogP contribution in [0.1, 0.15) is 21.2 Å². The Labute approximate surface area is 183 Å². The lowest BCUT2D eigenvalue weighted by Crippen LogP contribution is -2.41. The maximum absolute atomic E-state index is 13.3. The summed E-state index contributed by atoms with van der Waals surface area (Å²) in [4.78, 5) is 15.4. The molecule has 2 aromatic carbocycles. The standard InChI is InChI=1S/C21H26N2O6S2/c24-21(22-9-10-23-11-13-29-14-12-23)17-7-4-8-18-20(17)19(15-30(18,25)26)31(27,28)16-5-2-1-3-6-16/h1-8,19,25-26H,9-15H2,(H,22,24). The molecular formula is C21H26N2O6S2. The van der Waals surface area contributed by atoms with Gasteiger partial charge in [0.1, 0.15) is 5.25 Å². The zero-order valence-corrected chi connectivity index (χ0v) is 18.6. The van der Waals surface area contributed by atoms with Gasteiger partial charge in [-0.15, -0.1) is 0 Å². The number of hydrogen-bond acceptors (Lipinski definition) is 7. The molecule has 0 radical (unpaired) electrons. The molecule has 4 rings (SSSR count). The van der Waals surface area contributed by atoms with E-state index in [1.165, 1.54) is 24.3 Å². The van der Waals surface area contributed by atoms with Crippen LogP contribution in [0.4, 0.5) is 0 Å². The van der Waals surface area contributed by atoms with Gasteiger partial charge in [0.2, 0.25) is 0 Å². The molecule has 2 aliphatic heterocycles. The summed E-state index contributed by atoms with van der Waals surface area (Å²) in [5, 5.41) is 1.65. The van der Waals surface area contributed by atoms with Gasteiger partial charge in [-0.25, -0.2) is 8.42 Å². The molecule has 10 heteroatoms. The van der Waals surface area contributed by atoms with Crippen molar-refractivity contribution in [3.8, 4) is 0 Å². The molecule has 1 fully saturated rings. The zero-order chi connectivity index (χ0) is 22.1. The van der Waals surface area contributed by atoms with Crippen LogP contribution in [0.3, 0.4) is 0 Å². The van der Waals surface area contributed by atoms with E-state index in [4.69, 9.17) is 4.74 Å². The van der Waals surface area contributed by atoms with Crippen LogP contribution < -0.4 is 5.32 Å². The van der Waals surface area contributed by atoms with Gasteiger partial charge in [0, 0.05) is 37.3 Å². The molecule has 1 saturated heterocycles. The Bertz CT molecular complexity index is 1050. The molecule has 1 atom stereocenters. The number of nitrogens with zero attached hydrogens (tertiary/aromatic N) is 1. The van der Waals surface area contributed by atoms with Gasteiger partial charge in [-0.1, -0.05) is 24.3 Å². The highest BCUT2D eigenvalue weighted by Gasteiger charge is 2.45. The number of rotatable bonds is 6. The Kier molecular flexibility index (Phi) is 6.38. The number of nitrogens with one attached hydrogen (secondary N) is 1. The van der Waals surface area contributed by atoms with Crippen molar-refractivity contribution < 1.29 is 27.1 Å². The van der Waals surface area contributed by atoms with Crippen LogP contribution in [-0.2, 0) is 14.6 Å². The summed E-state index contributed by atoms with van der Waals surface area (Å²) in [7, 11) is -7.24. The van der Waals surface area contributed by atoms with E-state index in [-0.39, 0.29) is 26.7 Å². The highest BCUT2D eigenvalue weighted by atomic mass is 32.3. The van der Waals surface area contributed by atoms with Crippen LogP contribution in [0.15, 0.2) is 58.3 Å². The SMILES string of the molecule is O=C(NCCN1CCOCC1)c1cccc2c1C(S(=O)(=O)c1ccccc1)CS2(O)O. The quantitative estimate of drug-likeness (QED) is 0.599. The lowest BCUT2D eigenvalue weighted by Gasteiger charge is -2.27. The largest absolute Gasteiger partial charge is 0.379 e. The monoisotopic (exact) mass is 466 g/mol. The van der Waals surface area contributed by atoms with Gasteiger partial charge in [0.05, 0.1) is 28.8 Å². The minimum absolute atomic E-state index is 0.0885. The first-order valence-corrected chi connectivity index (χ1v) is 13.3. The number of benzene rings is 2. The molecular weight excluding hydrogens is 440 g/mol. The van der Waals surface area contributed by atoms with E-state index in [2.05, 4.69) is 10.2 Å². The van der Waals surface area contributed by atoms with Crippen molar-refractivity contribution in [2.75, 3.05) is 45.1 Å². The number of fused-ring (bicyclic) bond motifs is 1. The maximum atomic E-state index is 13.3. The van der Waals surface area contributed by atoms with Gasteiger partial charge < -0.3 is 10.1 Å². The van der Waals surface area contributed by atoms with E-state index >= 15 is 0 Å². The van der Waals surface area contributed by atoms with Gasteiger partial charge in [0.15, 0.2) is 9.84 Å². The summed E-state index contributed by atoms with van der Waals surface area (Å²) in [6.45, 7) is 3.98. The molecule has 2 aliphatic rings. The third-order valence-electron chi connectivity index (χ3n) is 5.63. The van der Waals surface area contributed by atoms with Crippen molar-refractivity contribution in [2.24, 2.45) is 0 Å². The van der Waals surface area contributed by atoms with E-state index in [0.717, 1.165) is 13.1 Å². The van der Waals surface area contributed by atoms with Crippen molar-refractivity contribution in [2.45, 2.75) is 15.0 Å². The Morgan fingerprint density at radius 3 is 2.52 bits per heavy atom. The molecule has 0 bridgehead atoms. The van der Waals surface area contributed by atoms with Gasteiger partial charge in [-0.05, 0) is 24.3 Å². The van der Waals surface area contributed by atoms with Crippen molar-refractivity contribution in [1.29, 1.82) is 0 Å². The number of sulfone groups is 1. The molecule has 31 heavy (non-hydrogen) atoms. The van der Waals surface area contributed by atoms with E-state index in [9.17, 15) is 22.3 Å². The number of carbonyl (C=O) groups excluding carboxylic acids is 1. The predicted molar refractivity (Wildman–Crippen MR) is 118 cm³/mol. The summed E-state index contributed by atoms with van der Waals surface area (Å²) in [6, 6.07) is 12.5. The highest BCUT2D eigenvalue weighted by molar-refractivity contribution is 8.25. The van der Waals surface area contributed by atoms with Crippen LogP contribution in [0.5, 0.6) is 0 Å². The van der Waals surface area contributed by atoms with Crippen molar-refractivity contribution in [3.63, 3.8) is 0 Å². The van der Waals surface area contributed by atoms with E-state index in [1.807, 2.05) is 0 Å². The average molecular weight is 467 g/mol. The third-order valence-corrected chi connectivity index (χ3v) is 9.78. The number of morpholine rings is 1. The number of amides is 1. The second kappa shape index (κ2) is 8.89. The summed E-state index contributed by atoms with van der Waals surface area (Å²) >= 11 is 0.